The van der Waals surface area contributed by atoms with E-state index in [9.17, 15) is 22.8 Å². The topological polar surface area (TPSA) is 73.9 Å². The molecule has 0 radical (unpaired) electrons. The van der Waals surface area contributed by atoms with E-state index in [2.05, 4.69) is 4.74 Å². The Hall–Kier alpha value is -2.16. The standard InChI is InChI=1S/C12H9ClF3NO5/c13-7-1-6(2-8-10(7)22-5-21-8)11(19)20-3-9(18)17-4-12(14,15)16/h1-2H,3-5H2,(H,17,18). The molecule has 2 rings (SSSR count). The van der Waals surface area contributed by atoms with E-state index >= 15 is 0 Å². The number of hydrogen-bond donors (Lipinski definition) is 1. The number of nitrogens with one attached hydrogen (secondary N) is 1. The van der Waals surface area contributed by atoms with Gasteiger partial charge in [-0.1, -0.05) is 11.6 Å². The number of alkyl halides is 3. The van der Waals surface area contributed by atoms with Crippen molar-refractivity contribution < 1.29 is 37.0 Å². The van der Waals surface area contributed by atoms with Gasteiger partial charge < -0.3 is 19.5 Å². The van der Waals surface area contributed by atoms with E-state index in [1.165, 1.54) is 12.1 Å². The first-order valence-electron chi connectivity index (χ1n) is 5.86. The van der Waals surface area contributed by atoms with Crippen LogP contribution in [-0.4, -0.2) is 38.0 Å². The fourth-order valence-electron chi connectivity index (χ4n) is 1.55. The van der Waals surface area contributed by atoms with Crippen LogP contribution in [0.25, 0.3) is 0 Å². The first-order chi connectivity index (χ1) is 10.3. The second-order valence-electron chi connectivity index (χ2n) is 4.16. The molecule has 1 aromatic carbocycles. The van der Waals surface area contributed by atoms with Crippen LogP contribution in [0.4, 0.5) is 13.2 Å². The van der Waals surface area contributed by atoms with Gasteiger partial charge >= 0.3 is 12.1 Å². The number of hydrogen-bond acceptors (Lipinski definition) is 5. The van der Waals surface area contributed by atoms with Crippen LogP contribution in [-0.2, 0) is 9.53 Å². The summed E-state index contributed by atoms with van der Waals surface area (Å²) in [4.78, 5) is 22.8. The molecule has 1 aromatic rings. The van der Waals surface area contributed by atoms with Gasteiger partial charge in [0.25, 0.3) is 5.91 Å². The van der Waals surface area contributed by atoms with Crippen LogP contribution in [0.1, 0.15) is 10.4 Å². The number of carbonyl (C=O) groups is 2. The monoisotopic (exact) mass is 339 g/mol. The highest BCUT2D eigenvalue weighted by molar-refractivity contribution is 6.32. The summed E-state index contributed by atoms with van der Waals surface area (Å²) in [6.07, 6.45) is -4.54. The molecule has 0 fully saturated rings. The van der Waals surface area contributed by atoms with Gasteiger partial charge in [0.15, 0.2) is 18.1 Å². The lowest BCUT2D eigenvalue weighted by atomic mass is 10.2. The van der Waals surface area contributed by atoms with E-state index in [1.807, 2.05) is 0 Å². The summed E-state index contributed by atoms with van der Waals surface area (Å²) in [5, 5.41) is 1.68. The number of amides is 1. The van der Waals surface area contributed by atoms with Crippen LogP contribution >= 0.6 is 11.6 Å². The molecule has 0 saturated carbocycles. The van der Waals surface area contributed by atoms with E-state index in [0.29, 0.717) is 0 Å². The minimum absolute atomic E-state index is 0.0159. The molecule has 1 heterocycles. The fourth-order valence-corrected chi connectivity index (χ4v) is 1.81. The maximum absolute atomic E-state index is 11.9. The summed E-state index contributed by atoms with van der Waals surface area (Å²) in [6.45, 7) is -2.40. The van der Waals surface area contributed by atoms with Crippen LogP contribution in [0.15, 0.2) is 12.1 Å². The van der Waals surface area contributed by atoms with E-state index in [0.717, 1.165) is 0 Å². The zero-order valence-corrected chi connectivity index (χ0v) is 11.6. The second kappa shape index (κ2) is 6.30. The van der Waals surface area contributed by atoms with Crippen LogP contribution in [0.2, 0.25) is 5.02 Å². The Morgan fingerprint density at radius 3 is 2.73 bits per heavy atom. The largest absolute Gasteiger partial charge is 0.454 e. The summed E-state index contributed by atoms with van der Waals surface area (Å²) >= 11 is 5.86. The molecule has 10 heteroatoms. The predicted octanol–water partition coefficient (Wildman–Crippen LogP) is 1.90. The molecule has 0 unspecified atom stereocenters. The van der Waals surface area contributed by atoms with Crippen molar-refractivity contribution in [3.05, 3.63) is 22.7 Å². The maximum Gasteiger partial charge on any atom is 0.405 e. The molecule has 0 spiro atoms. The van der Waals surface area contributed by atoms with Gasteiger partial charge in [-0.3, -0.25) is 4.79 Å². The minimum atomic E-state index is -4.54. The molecule has 0 atom stereocenters. The van der Waals surface area contributed by atoms with Crippen LogP contribution in [0.3, 0.4) is 0 Å². The third-order valence-corrected chi connectivity index (χ3v) is 2.76. The van der Waals surface area contributed by atoms with Gasteiger partial charge in [-0.15, -0.1) is 0 Å². The van der Waals surface area contributed by atoms with Gasteiger partial charge in [0.2, 0.25) is 6.79 Å². The summed E-state index contributed by atoms with van der Waals surface area (Å²) in [5.74, 6) is -1.48. The lowest BCUT2D eigenvalue weighted by Gasteiger charge is -2.09. The Bertz CT molecular complexity index is 605. The predicted molar refractivity (Wildman–Crippen MR) is 66.9 cm³/mol. The average molecular weight is 340 g/mol. The molecular weight excluding hydrogens is 331 g/mol. The van der Waals surface area contributed by atoms with E-state index < -0.39 is 31.2 Å². The molecule has 0 saturated heterocycles. The highest BCUT2D eigenvalue weighted by atomic mass is 35.5. The van der Waals surface area contributed by atoms with Crippen LogP contribution < -0.4 is 14.8 Å². The molecule has 1 N–H and O–H groups in total. The number of esters is 1. The van der Waals surface area contributed by atoms with Gasteiger partial charge in [0, 0.05) is 0 Å². The zero-order chi connectivity index (χ0) is 16.3. The molecule has 0 aliphatic carbocycles. The van der Waals surface area contributed by atoms with Crippen molar-refractivity contribution in [1.82, 2.24) is 5.32 Å². The van der Waals surface area contributed by atoms with E-state index in [4.69, 9.17) is 21.1 Å². The number of carbonyl (C=O) groups excluding carboxylic acids is 2. The van der Waals surface area contributed by atoms with Crippen molar-refractivity contribution >= 4 is 23.5 Å². The Labute approximate surface area is 127 Å². The first kappa shape index (κ1) is 16.2. The number of fused-ring (bicyclic) bond motifs is 1. The first-order valence-corrected chi connectivity index (χ1v) is 6.24. The Balaban J connectivity index is 1.90. The number of rotatable bonds is 4. The van der Waals surface area contributed by atoms with Gasteiger partial charge in [0.1, 0.15) is 6.54 Å². The van der Waals surface area contributed by atoms with Crippen molar-refractivity contribution in [3.63, 3.8) is 0 Å². The SMILES string of the molecule is O=C(COC(=O)c1cc(Cl)c2c(c1)OCO2)NCC(F)(F)F. The Morgan fingerprint density at radius 2 is 2.05 bits per heavy atom. The van der Waals surface area contributed by atoms with Crippen LogP contribution in [0, 0.1) is 0 Å². The summed E-state index contributed by atoms with van der Waals surface area (Å²) in [5.41, 5.74) is -0.0159. The molecule has 22 heavy (non-hydrogen) atoms. The fraction of sp³-hybridized carbons (Fsp3) is 0.333. The third-order valence-electron chi connectivity index (χ3n) is 2.48. The summed E-state index contributed by atoms with van der Waals surface area (Å²) in [7, 11) is 0. The minimum Gasteiger partial charge on any atom is -0.454 e. The molecule has 1 aliphatic rings. The summed E-state index contributed by atoms with van der Waals surface area (Å²) < 4.78 is 50.4. The van der Waals surface area contributed by atoms with E-state index in [-0.39, 0.29) is 28.9 Å². The highest BCUT2D eigenvalue weighted by Gasteiger charge is 2.28. The molecule has 0 bridgehead atoms. The lowest BCUT2D eigenvalue weighted by Crippen LogP contribution is -2.36. The van der Waals surface area contributed by atoms with Gasteiger partial charge in [0.05, 0.1) is 10.6 Å². The van der Waals surface area contributed by atoms with Gasteiger partial charge in [-0.2, -0.15) is 13.2 Å². The smallest absolute Gasteiger partial charge is 0.405 e. The Morgan fingerprint density at radius 1 is 1.32 bits per heavy atom. The number of benzene rings is 1. The van der Waals surface area contributed by atoms with Crippen molar-refractivity contribution in [2.24, 2.45) is 0 Å². The number of halogens is 4. The van der Waals surface area contributed by atoms with Crippen molar-refractivity contribution in [2.45, 2.75) is 6.18 Å². The Kier molecular flexibility index (Phi) is 4.65. The quantitative estimate of drug-likeness (QED) is 0.848. The van der Waals surface area contributed by atoms with Crippen molar-refractivity contribution in [3.8, 4) is 11.5 Å². The van der Waals surface area contributed by atoms with Crippen LogP contribution in [0.5, 0.6) is 11.5 Å². The van der Waals surface area contributed by atoms with E-state index in [1.54, 1.807) is 5.32 Å². The zero-order valence-electron chi connectivity index (χ0n) is 10.8. The molecule has 1 aliphatic heterocycles. The normalized spacial score (nSPS) is 12.9. The lowest BCUT2D eigenvalue weighted by molar-refractivity contribution is -0.140. The molecule has 1 amide bonds. The molecule has 0 aromatic heterocycles. The van der Waals surface area contributed by atoms with Crippen molar-refractivity contribution in [1.29, 1.82) is 0 Å². The third kappa shape index (κ3) is 4.17. The summed E-state index contributed by atoms with van der Waals surface area (Å²) in [6, 6.07) is 2.54. The number of ether oxygens (including phenoxy) is 3. The maximum atomic E-state index is 11.9. The molecule has 120 valence electrons. The second-order valence-corrected chi connectivity index (χ2v) is 4.57. The molecular formula is C12H9ClF3NO5. The van der Waals surface area contributed by atoms with Gasteiger partial charge in [-0.05, 0) is 12.1 Å². The average Bonchev–Trinajstić information content (AvgIpc) is 2.90. The molecule has 6 nitrogen and oxygen atoms in total. The highest BCUT2D eigenvalue weighted by Crippen LogP contribution is 2.39. The van der Waals surface area contributed by atoms with Gasteiger partial charge in [-0.25, -0.2) is 4.79 Å². The van der Waals surface area contributed by atoms with Crippen molar-refractivity contribution in [2.75, 3.05) is 19.9 Å².